The average molecular weight is 360 g/mol. The molecule has 0 fully saturated rings. The van der Waals surface area contributed by atoms with Crippen LogP contribution >= 0.6 is 0 Å². The second-order valence-electron chi connectivity index (χ2n) is 5.76. The summed E-state index contributed by atoms with van der Waals surface area (Å²) in [6, 6.07) is 9.11. The second-order valence-corrected chi connectivity index (χ2v) is 6.67. The highest BCUT2D eigenvalue weighted by molar-refractivity contribution is 7.79. The van der Waals surface area contributed by atoms with E-state index in [0.717, 1.165) is 18.1 Å². The summed E-state index contributed by atoms with van der Waals surface area (Å²) < 4.78 is 36.4. The smallest absolute Gasteiger partial charge is 0.140 e. The van der Waals surface area contributed by atoms with Crippen molar-refractivity contribution in [3.05, 3.63) is 59.2 Å². The van der Waals surface area contributed by atoms with E-state index in [2.05, 4.69) is 10.3 Å². The Bertz CT molecular complexity index is 790. The summed E-state index contributed by atoms with van der Waals surface area (Å²) in [6.07, 6.45) is 2.37. The minimum absolute atomic E-state index is 0.0419. The molecule has 1 heterocycles. The Hall–Kier alpha value is -2.14. The van der Waals surface area contributed by atoms with Gasteiger partial charge in [-0.25, -0.2) is 9.37 Å². The van der Waals surface area contributed by atoms with Crippen molar-refractivity contribution in [2.75, 3.05) is 0 Å². The highest BCUT2D eigenvalue weighted by Crippen LogP contribution is 2.27. The first kappa shape index (κ1) is 19.2. The number of nitrogens with one attached hydrogen (secondary N) is 1. The molecule has 0 bridgehead atoms. The quantitative estimate of drug-likeness (QED) is 0.767. The molecule has 0 aliphatic heterocycles. The molecule has 0 aliphatic carbocycles. The van der Waals surface area contributed by atoms with Gasteiger partial charge in [0.25, 0.3) is 0 Å². The maximum Gasteiger partial charge on any atom is 0.140 e. The van der Waals surface area contributed by atoms with Gasteiger partial charge in [0.05, 0.1) is 0 Å². The fourth-order valence-corrected chi connectivity index (χ4v) is 3.38. The van der Waals surface area contributed by atoms with Crippen molar-refractivity contribution in [1.29, 1.82) is 5.26 Å². The maximum absolute atomic E-state index is 13.6. The molecule has 3 unspecified atom stereocenters. The number of benzene rings is 1. The molecule has 0 amide bonds. The summed E-state index contributed by atoms with van der Waals surface area (Å²) in [5.41, 5.74) is 1.73. The van der Waals surface area contributed by atoms with Crippen molar-refractivity contribution in [1.82, 2.24) is 10.3 Å². The molecule has 7 heteroatoms. The molecule has 1 aromatic carbocycles. The van der Waals surface area contributed by atoms with E-state index < -0.39 is 16.9 Å². The maximum atomic E-state index is 13.6. The minimum Gasteiger partial charge on any atom is -0.768 e. The van der Waals surface area contributed by atoms with Crippen LogP contribution in [0, 0.1) is 17.1 Å². The van der Waals surface area contributed by atoms with Crippen molar-refractivity contribution in [3.63, 3.8) is 0 Å². The number of hydrogen-bond donors (Lipinski definition) is 1. The van der Waals surface area contributed by atoms with Crippen molar-refractivity contribution in [3.8, 4) is 6.07 Å². The highest BCUT2D eigenvalue weighted by Gasteiger charge is 2.20. The van der Waals surface area contributed by atoms with Gasteiger partial charge in [-0.2, -0.15) is 5.26 Å². The predicted octanol–water partition coefficient (Wildman–Crippen LogP) is 3.00. The molecule has 0 aliphatic rings. The normalized spacial score (nSPS) is 14.5. The lowest BCUT2D eigenvalue weighted by atomic mass is 9.91. The zero-order valence-electron chi connectivity index (χ0n) is 14.0. The minimum atomic E-state index is -2.42. The van der Waals surface area contributed by atoms with Crippen LogP contribution in [0.1, 0.15) is 43.0 Å². The average Bonchev–Trinajstić information content (AvgIpc) is 2.62. The van der Waals surface area contributed by atoms with Crippen LogP contribution in [-0.2, 0) is 17.6 Å². The zero-order valence-corrected chi connectivity index (χ0v) is 14.8. The van der Waals surface area contributed by atoms with Crippen LogP contribution in [0.4, 0.5) is 4.39 Å². The van der Waals surface area contributed by atoms with Crippen LogP contribution in [-0.4, -0.2) is 19.8 Å². The van der Waals surface area contributed by atoms with Gasteiger partial charge in [0.1, 0.15) is 17.6 Å². The number of nitriles is 1. The molecule has 1 N–H and O–H groups in total. The van der Waals surface area contributed by atoms with Gasteiger partial charge in [-0.05, 0) is 58.8 Å². The first-order chi connectivity index (χ1) is 12.0. The lowest BCUT2D eigenvalue weighted by molar-refractivity contribution is 0.430. The summed E-state index contributed by atoms with van der Waals surface area (Å²) in [4.78, 5) is 4.14. The van der Waals surface area contributed by atoms with Gasteiger partial charge in [-0.15, -0.1) is 0 Å². The van der Waals surface area contributed by atoms with Gasteiger partial charge < -0.3 is 9.87 Å². The molecular weight excluding hydrogens is 341 g/mol. The molecule has 3 atom stereocenters. The fourth-order valence-electron chi connectivity index (χ4n) is 2.76. The summed E-state index contributed by atoms with van der Waals surface area (Å²) >= 11 is -2.42. The van der Waals surface area contributed by atoms with E-state index in [1.807, 2.05) is 26.0 Å². The molecule has 25 heavy (non-hydrogen) atoms. The number of halogens is 1. The van der Waals surface area contributed by atoms with Crippen LogP contribution in [0.2, 0.25) is 0 Å². The lowest BCUT2D eigenvalue weighted by Crippen LogP contribution is -2.33. The van der Waals surface area contributed by atoms with Crippen molar-refractivity contribution in [2.24, 2.45) is 0 Å². The Morgan fingerprint density at radius 2 is 2.16 bits per heavy atom. The molecule has 0 radical (unpaired) electrons. The van der Waals surface area contributed by atoms with Crippen molar-refractivity contribution < 1.29 is 13.2 Å². The molecule has 5 nitrogen and oxygen atoms in total. The lowest BCUT2D eigenvalue weighted by Gasteiger charge is -2.27. The molecule has 0 saturated heterocycles. The van der Waals surface area contributed by atoms with E-state index in [1.54, 1.807) is 12.3 Å². The Labute approximate surface area is 149 Å². The number of pyridine rings is 1. The van der Waals surface area contributed by atoms with Crippen molar-refractivity contribution in [2.45, 2.75) is 43.7 Å². The van der Waals surface area contributed by atoms with Gasteiger partial charge >= 0.3 is 0 Å². The van der Waals surface area contributed by atoms with Crippen LogP contribution in [0.15, 0.2) is 41.4 Å². The summed E-state index contributed by atoms with van der Waals surface area (Å²) in [5.74, 6) is -0.651. The van der Waals surface area contributed by atoms with Gasteiger partial charge in [-0.1, -0.05) is 19.9 Å². The third-order valence-electron chi connectivity index (χ3n) is 4.19. The highest BCUT2D eigenvalue weighted by atomic mass is 32.2. The third-order valence-corrected chi connectivity index (χ3v) is 4.92. The molecular formula is C18H19FN3O2S-. The number of nitrogens with zero attached hydrogens (tertiary/aromatic N) is 2. The van der Waals surface area contributed by atoms with Crippen molar-refractivity contribution >= 4 is 11.1 Å². The van der Waals surface area contributed by atoms with E-state index in [4.69, 9.17) is 5.26 Å². The van der Waals surface area contributed by atoms with Crippen LogP contribution in [0.5, 0.6) is 0 Å². The Kier molecular flexibility index (Phi) is 6.76. The molecule has 2 aromatic rings. The van der Waals surface area contributed by atoms with Gasteiger partial charge in [0, 0.05) is 23.7 Å². The van der Waals surface area contributed by atoms with Crippen LogP contribution < -0.4 is 5.32 Å². The van der Waals surface area contributed by atoms with E-state index in [-0.39, 0.29) is 16.9 Å². The number of rotatable bonds is 7. The predicted molar refractivity (Wildman–Crippen MR) is 91.9 cm³/mol. The standard InChI is InChI=1S/C18H20FN3O2S/c1-3-17(22-11-13-4-6-15(9-20)21-10-13)12(2)16-8-14(19)5-7-18(16)25(23)24/h4-8,10,12,17,22H,3,11H2,1-2H3,(H,23,24)/p-1. The Morgan fingerprint density at radius 3 is 2.72 bits per heavy atom. The molecule has 1 aromatic heterocycles. The first-order valence-corrected chi connectivity index (χ1v) is 9.00. The second kappa shape index (κ2) is 8.81. The van der Waals surface area contributed by atoms with Crippen LogP contribution in [0.3, 0.4) is 0 Å². The topological polar surface area (TPSA) is 88.8 Å². The van der Waals surface area contributed by atoms with E-state index >= 15 is 0 Å². The van der Waals surface area contributed by atoms with E-state index in [1.165, 1.54) is 12.1 Å². The molecule has 132 valence electrons. The van der Waals surface area contributed by atoms with Gasteiger partial charge in [-0.3, -0.25) is 4.21 Å². The third kappa shape index (κ3) is 4.92. The zero-order chi connectivity index (χ0) is 18.4. The summed E-state index contributed by atoms with van der Waals surface area (Å²) in [7, 11) is 0. The Morgan fingerprint density at radius 1 is 1.40 bits per heavy atom. The Balaban J connectivity index is 2.15. The van der Waals surface area contributed by atoms with Gasteiger partial charge in [0.15, 0.2) is 0 Å². The largest absolute Gasteiger partial charge is 0.768 e. The molecule has 0 saturated carbocycles. The first-order valence-electron chi connectivity index (χ1n) is 7.93. The number of aromatic nitrogens is 1. The number of hydrogen-bond acceptors (Lipinski definition) is 5. The summed E-state index contributed by atoms with van der Waals surface area (Å²) in [5, 5.41) is 12.1. The van der Waals surface area contributed by atoms with Crippen LogP contribution in [0.25, 0.3) is 0 Å². The summed E-state index contributed by atoms with van der Waals surface area (Å²) in [6.45, 7) is 4.38. The van der Waals surface area contributed by atoms with E-state index in [9.17, 15) is 13.2 Å². The molecule has 2 rings (SSSR count). The van der Waals surface area contributed by atoms with E-state index in [0.29, 0.717) is 17.8 Å². The monoisotopic (exact) mass is 360 g/mol. The molecule has 0 spiro atoms. The SMILES string of the molecule is CCC(NCc1ccc(C#N)nc1)C(C)c1cc(F)ccc1S(=O)[O-]. The van der Waals surface area contributed by atoms with Gasteiger partial charge in [0.2, 0.25) is 0 Å². The fraction of sp³-hybridized carbons (Fsp3) is 0.333.